The van der Waals surface area contributed by atoms with Gasteiger partial charge in [-0.3, -0.25) is 9.48 Å². The summed E-state index contributed by atoms with van der Waals surface area (Å²) < 4.78 is 75.0. The van der Waals surface area contributed by atoms with Gasteiger partial charge in [-0.1, -0.05) is 6.92 Å². The molecule has 1 aliphatic rings. The molecule has 2 aromatic rings. The Balaban J connectivity index is 1.71. The van der Waals surface area contributed by atoms with Crippen molar-refractivity contribution in [2.24, 2.45) is 5.92 Å². The van der Waals surface area contributed by atoms with Crippen LogP contribution in [0.4, 0.5) is 27.6 Å². The number of carbonyl (C=O) groups excluding carboxylic acids is 1. The number of rotatable bonds is 9. The van der Waals surface area contributed by atoms with Crippen LogP contribution in [0, 0.1) is 5.92 Å². The zero-order valence-corrected chi connectivity index (χ0v) is 16.9. The Labute approximate surface area is 175 Å². The first-order valence-electron chi connectivity index (χ1n) is 9.76. The molecular formula is C20H22F5N3O3. The van der Waals surface area contributed by atoms with E-state index in [1.165, 1.54) is 22.9 Å². The first kappa shape index (κ1) is 22.8. The third-order valence-electron chi connectivity index (χ3n) is 4.72. The summed E-state index contributed by atoms with van der Waals surface area (Å²) in [6, 6.07) is 5.00. The van der Waals surface area contributed by atoms with Crippen LogP contribution in [0.2, 0.25) is 0 Å². The molecule has 1 N–H and O–H groups in total. The summed E-state index contributed by atoms with van der Waals surface area (Å²) in [5, 5.41) is 6.27. The predicted octanol–water partition coefficient (Wildman–Crippen LogP) is 5.05. The second-order valence-electron chi connectivity index (χ2n) is 7.27. The van der Waals surface area contributed by atoms with Gasteiger partial charge in [0.25, 0.3) is 0 Å². The summed E-state index contributed by atoms with van der Waals surface area (Å²) in [7, 11) is 0. The van der Waals surface area contributed by atoms with Crippen LogP contribution in [0.1, 0.15) is 44.0 Å². The van der Waals surface area contributed by atoms with Crippen LogP contribution in [-0.4, -0.2) is 28.9 Å². The molecule has 1 aromatic heterocycles. The highest BCUT2D eigenvalue weighted by Crippen LogP contribution is 2.42. The second-order valence-corrected chi connectivity index (χ2v) is 7.27. The van der Waals surface area contributed by atoms with Crippen LogP contribution in [0.3, 0.4) is 0 Å². The standard InChI is InChI=1S/C20H22F5N3O3/c1-3-30-16-8-13(6-7-15(16)31-19(21)22)26-18(29)11(2)10-28-14(12-4-5-12)9-17(27-28)20(23,24)25/h6-9,11-12,19H,3-5,10H2,1-2H3,(H,26,29). The van der Waals surface area contributed by atoms with Crippen molar-refractivity contribution in [1.29, 1.82) is 0 Å². The third-order valence-corrected chi connectivity index (χ3v) is 4.72. The summed E-state index contributed by atoms with van der Waals surface area (Å²) in [5.41, 5.74) is -0.224. The average molecular weight is 447 g/mol. The van der Waals surface area contributed by atoms with Gasteiger partial charge in [0.05, 0.1) is 19.1 Å². The number of amides is 1. The molecule has 1 saturated carbocycles. The number of hydrogen-bond donors (Lipinski definition) is 1. The Morgan fingerprint density at radius 3 is 2.55 bits per heavy atom. The number of ether oxygens (including phenoxy) is 2. The van der Waals surface area contributed by atoms with Crippen molar-refractivity contribution in [2.75, 3.05) is 11.9 Å². The maximum absolute atomic E-state index is 13.0. The minimum absolute atomic E-state index is 0.0231. The van der Waals surface area contributed by atoms with Gasteiger partial charge in [-0.25, -0.2) is 0 Å². The first-order chi connectivity index (χ1) is 14.6. The van der Waals surface area contributed by atoms with E-state index in [0.717, 1.165) is 18.9 Å². The Bertz CT molecular complexity index is 925. The fourth-order valence-electron chi connectivity index (χ4n) is 3.08. The number of benzene rings is 1. The summed E-state index contributed by atoms with van der Waals surface area (Å²) >= 11 is 0. The minimum atomic E-state index is -4.56. The van der Waals surface area contributed by atoms with Crippen molar-refractivity contribution >= 4 is 11.6 Å². The van der Waals surface area contributed by atoms with Crippen molar-refractivity contribution in [3.05, 3.63) is 35.7 Å². The van der Waals surface area contributed by atoms with Gasteiger partial charge in [0.1, 0.15) is 0 Å². The maximum atomic E-state index is 13.0. The molecule has 0 spiro atoms. The van der Waals surface area contributed by atoms with E-state index < -0.39 is 30.3 Å². The second kappa shape index (κ2) is 9.11. The first-order valence-corrected chi connectivity index (χ1v) is 9.76. The van der Waals surface area contributed by atoms with Crippen LogP contribution in [0.5, 0.6) is 11.5 Å². The van der Waals surface area contributed by atoms with E-state index in [2.05, 4.69) is 15.2 Å². The Morgan fingerprint density at radius 1 is 1.26 bits per heavy atom. The molecule has 0 saturated heterocycles. The van der Waals surface area contributed by atoms with E-state index in [9.17, 15) is 26.7 Å². The highest BCUT2D eigenvalue weighted by Gasteiger charge is 2.38. The van der Waals surface area contributed by atoms with Crippen molar-refractivity contribution in [3.8, 4) is 11.5 Å². The zero-order valence-electron chi connectivity index (χ0n) is 16.9. The number of hydrogen-bond acceptors (Lipinski definition) is 4. The fraction of sp³-hybridized carbons (Fsp3) is 0.500. The molecule has 1 fully saturated rings. The van der Waals surface area contributed by atoms with Crippen LogP contribution in [0.15, 0.2) is 24.3 Å². The molecule has 1 heterocycles. The van der Waals surface area contributed by atoms with Crippen molar-refractivity contribution < 1.29 is 36.2 Å². The molecule has 1 aromatic carbocycles. The Morgan fingerprint density at radius 2 is 1.97 bits per heavy atom. The molecule has 1 amide bonds. The lowest BCUT2D eigenvalue weighted by Crippen LogP contribution is -2.25. The monoisotopic (exact) mass is 447 g/mol. The van der Waals surface area contributed by atoms with E-state index in [1.54, 1.807) is 13.8 Å². The highest BCUT2D eigenvalue weighted by molar-refractivity contribution is 5.92. The third kappa shape index (κ3) is 5.86. The molecule has 1 atom stereocenters. The lowest BCUT2D eigenvalue weighted by atomic mass is 10.1. The van der Waals surface area contributed by atoms with E-state index in [4.69, 9.17) is 4.74 Å². The van der Waals surface area contributed by atoms with E-state index in [0.29, 0.717) is 5.69 Å². The number of nitrogens with zero attached hydrogens (tertiary/aromatic N) is 2. The van der Waals surface area contributed by atoms with Crippen molar-refractivity contribution in [2.45, 2.75) is 51.9 Å². The Kier molecular flexibility index (Phi) is 6.71. The van der Waals surface area contributed by atoms with Gasteiger partial charge >= 0.3 is 12.8 Å². The van der Waals surface area contributed by atoms with E-state index >= 15 is 0 Å². The average Bonchev–Trinajstić information content (AvgIpc) is 3.42. The van der Waals surface area contributed by atoms with Gasteiger partial charge in [-0.15, -0.1) is 0 Å². The summed E-state index contributed by atoms with van der Waals surface area (Å²) in [6.07, 6.45) is -2.98. The van der Waals surface area contributed by atoms with Crippen LogP contribution in [0.25, 0.3) is 0 Å². The SMILES string of the molecule is CCOc1cc(NC(=O)C(C)Cn2nc(C(F)(F)F)cc2C2CC2)ccc1OC(F)F. The molecule has 6 nitrogen and oxygen atoms in total. The molecule has 3 rings (SSSR count). The molecule has 1 aliphatic carbocycles. The van der Waals surface area contributed by atoms with Crippen LogP contribution < -0.4 is 14.8 Å². The summed E-state index contributed by atoms with van der Waals surface area (Å²) in [4.78, 5) is 12.6. The molecule has 0 bridgehead atoms. The van der Waals surface area contributed by atoms with Crippen LogP contribution >= 0.6 is 0 Å². The summed E-state index contributed by atoms with van der Waals surface area (Å²) in [6.45, 7) is 0.363. The fourth-order valence-corrected chi connectivity index (χ4v) is 3.08. The molecule has 31 heavy (non-hydrogen) atoms. The maximum Gasteiger partial charge on any atom is 0.435 e. The van der Waals surface area contributed by atoms with Gasteiger partial charge < -0.3 is 14.8 Å². The number of anilines is 1. The van der Waals surface area contributed by atoms with Crippen LogP contribution in [-0.2, 0) is 17.5 Å². The number of aromatic nitrogens is 2. The molecule has 0 radical (unpaired) electrons. The number of halogens is 5. The number of nitrogens with one attached hydrogen (secondary N) is 1. The number of alkyl halides is 5. The molecule has 0 aliphatic heterocycles. The topological polar surface area (TPSA) is 65.4 Å². The highest BCUT2D eigenvalue weighted by atomic mass is 19.4. The lowest BCUT2D eigenvalue weighted by Gasteiger charge is -2.16. The quantitative estimate of drug-likeness (QED) is 0.546. The van der Waals surface area contributed by atoms with Gasteiger partial charge in [0, 0.05) is 23.4 Å². The van der Waals surface area contributed by atoms with Crippen molar-refractivity contribution in [3.63, 3.8) is 0 Å². The summed E-state index contributed by atoms with van der Waals surface area (Å²) in [5.74, 6) is -1.28. The van der Waals surface area contributed by atoms with Crippen molar-refractivity contribution in [1.82, 2.24) is 9.78 Å². The molecular weight excluding hydrogens is 425 g/mol. The van der Waals surface area contributed by atoms with E-state index in [1.807, 2.05) is 0 Å². The normalized spacial score (nSPS) is 15.1. The zero-order chi connectivity index (χ0) is 22.8. The largest absolute Gasteiger partial charge is 0.490 e. The lowest BCUT2D eigenvalue weighted by molar-refractivity contribution is -0.141. The smallest absolute Gasteiger partial charge is 0.435 e. The molecule has 1 unspecified atom stereocenters. The van der Waals surface area contributed by atoms with E-state index in [-0.39, 0.29) is 36.3 Å². The molecule has 11 heteroatoms. The molecule has 170 valence electrons. The minimum Gasteiger partial charge on any atom is -0.490 e. The number of carbonyl (C=O) groups is 1. The predicted molar refractivity (Wildman–Crippen MR) is 101 cm³/mol. The van der Waals surface area contributed by atoms with Gasteiger partial charge in [-0.2, -0.15) is 27.1 Å². The van der Waals surface area contributed by atoms with Gasteiger partial charge in [-0.05, 0) is 38.0 Å². The van der Waals surface area contributed by atoms with Gasteiger partial charge in [0.2, 0.25) is 5.91 Å². The Hall–Kier alpha value is -2.85. The van der Waals surface area contributed by atoms with Gasteiger partial charge in [0.15, 0.2) is 17.2 Å².